The summed E-state index contributed by atoms with van der Waals surface area (Å²) in [4.78, 5) is 26.4. The van der Waals surface area contributed by atoms with E-state index in [4.69, 9.17) is 14.2 Å². The van der Waals surface area contributed by atoms with Crippen LogP contribution in [0, 0.1) is 17.3 Å². The molecule has 154 valence electrons. The second-order valence-electron chi connectivity index (χ2n) is 7.49. The van der Waals surface area contributed by atoms with Crippen LogP contribution in [0.15, 0.2) is 29.9 Å². The van der Waals surface area contributed by atoms with Gasteiger partial charge in [-0.05, 0) is 51.0 Å². The van der Waals surface area contributed by atoms with E-state index in [9.17, 15) is 9.59 Å². The van der Waals surface area contributed by atoms with Crippen LogP contribution >= 0.6 is 0 Å². The van der Waals surface area contributed by atoms with Crippen molar-refractivity contribution in [3.8, 4) is 29.1 Å². The van der Waals surface area contributed by atoms with E-state index in [1.54, 1.807) is 24.3 Å². The second-order valence-corrected chi connectivity index (χ2v) is 7.49. The molecule has 6 heteroatoms. The normalized spacial score (nSPS) is 14.2. The molecular weight excluding hydrogens is 370 g/mol. The number of ether oxygens (including phenoxy) is 3. The zero-order valence-electron chi connectivity index (χ0n) is 17.8. The summed E-state index contributed by atoms with van der Waals surface area (Å²) in [5, 5.41) is 0. The topological polar surface area (TPSA) is 65.1 Å². The largest absolute Gasteiger partial charge is 0.493 e. The van der Waals surface area contributed by atoms with Gasteiger partial charge in [0.25, 0.3) is 11.8 Å². The maximum absolute atomic E-state index is 12.6. The SMILES string of the molecule is COc1cc(C=CC(=O)N2CCC=C(C#CC(C)(C)C)C2=O)cc(OC)c1OC. The molecule has 1 aliphatic heterocycles. The molecule has 0 bridgehead atoms. The van der Waals surface area contributed by atoms with Gasteiger partial charge < -0.3 is 14.2 Å². The first-order valence-electron chi connectivity index (χ1n) is 9.27. The van der Waals surface area contributed by atoms with Crippen LogP contribution in [0.3, 0.4) is 0 Å². The van der Waals surface area contributed by atoms with Gasteiger partial charge in [0, 0.05) is 18.0 Å². The number of hydrogen-bond acceptors (Lipinski definition) is 5. The number of methoxy groups -OCH3 is 3. The lowest BCUT2D eigenvalue weighted by molar-refractivity contribution is -0.139. The molecule has 1 aliphatic rings. The van der Waals surface area contributed by atoms with Crippen LogP contribution in [-0.2, 0) is 9.59 Å². The highest BCUT2D eigenvalue weighted by Crippen LogP contribution is 2.38. The van der Waals surface area contributed by atoms with Crippen LogP contribution in [0.2, 0.25) is 0 Å². The van der Waals surface area contributed by atoms with E-state index in [1.807, 2.05) is 20.8 Å². The number of nitrogens with zero attached hydrogens (tertiary/aromatic N) is 1. The Morgan fingerprint density at radius 1 is 1.10 bits per heavy atom. The van der Waals surface area contributed by atoms with Crippen LogP contribution in [-0.4, -0.2) is 44.6 Å². The number of carbonyl (C=O) groups excluding carboxylic acids is 2. The van der Waals surface area contributed by atoms with E-state index in [0.717, 1.165) is 0 Å². The fraction of sp³-hybridized carbons (Fsp3) is 0.391. The van der Waals surface area contributed by atoms with E-state index < -0.39 is 5.91 Å². The molecule has 6 nitrogen and oxygen atoms in total. The lowest BCUT2D eigenvalue weighted by Gasteiger charge is -2.22. The fourth-order valence-electron chi connectivity index (χ4n) is 2.70. The highest BCUT2D eigenvalue weighted by Gasteiger charge is 2.25. The standard InChI is InChI=1S/C23H27NO5/c1-23(2,3)12-11-17-8-7-13-24(22(17)26)20(25)10-9-16-14-18(27-4)21(29-6)19(15-16)28-5/h8-10,14-15H,7,13H2,1-6H3. The highest BCUT2D eigenvalue weighted by molar-refractivity contribution is 6.11. The zero-order chi connectivity index (χ0) is 21.6. The Labute approximate surface area is 172 Å². The molecule has 1 aromatic carbocycles. The number of benzene rings is 1. The predicted octanol–water partition coefficient (Wildman–Crippen LogP) is 3.46. The molecule has 0 atom stereocenters. The molecule has 29 heavy (non-hydrogen) atoms. The van der Waals surface area contributed by atoms with Gasteiger partial charge in [0.2, 0.25) is 5.75 Å². The average Bonchev–Trinajstić information content (AvgIpc) is 2.69. The maximum Gasteiger partial charge on any atom is 0.268 e. The van der Waals surface area contributed by atoms with Crippen LogP contribution in [0.1, 0.15) is 32.8 Å². The molecule has 0 saturated carbocycles. The third kappa shape index (κ3) is 5.64. The molecule has 0 aliphatic carbocycles. The van der Waals surface area contributed by atoms with Crippen molar-refractivity contribution in [3.63, 3.8) is 0 Å². The summed E-state index contributed by atoms with van der Waals surface area (Å²) in [6.07, 6.45) is 5.34. The van der Waals surface area contributed by atoms with Gasteiger partial charge in [-0.25, -0.2) is 0 Å². The Kier molecular flexibility index (Phi) is 7.11. The molecular formula is C23H27NO5. The van der Waals surface area contributed by atoms with Crippen LogP contribution < -0.4 is 14.2 Å². The molecule has 0 unspecified atom stereocenters. The van der Waals surface area contributed by atoms with Crippen molar-refractivity contribution in [2.24, 2.45) is 5.41 Å². The van der Waals surface area contributed by atoms with Gasteiger partial charge in [0.1, 0.15) is 0 Å². The summed E-state index contributed by atoms with van der Waals surface area (Å²) in [7, 11) is 4.57. The monoisotopic (exact) mass is 397 g/mol. The molecule has 0 spiro atoms. The lowest BCUT2D eigenvalue weighted by atomic mass is 9.97. The maximum atomic E-state index is 12.6. The number of amides is 2. The van der Waals surface area contributed by atoms with Crippen molar-refractivity contribution in [1.29, 1.82) is 0 Å². The molecule has 2 rings (SSSR count). The minimum atomic E-state index is -0.396. The number of imide groups is 1. The Morgan fingerprint density at radius 3 is 2.24 bits per heavy atom. The van der Waals surface area contributed by atoms with E-state index >= 15 is 0 Å². The number of hydrogen-bond donors (Lipinski definition) is 0. The quantitative estimate of drug-likeness (QED) is 0.562. The molecule has 0 fully saturated rings. The van der Waals surface area contributed by atoms with E-state index in [0.29, 0.717) is 41.4 Å². The van der Waals surface area contributed by atoms with Crippen LogP contribution in [0.4, 0.5) is 0 Å². The summed E-state index contributed by atoms with van der Waals surface area (Å²) in [6.45, 7) is 6.24. The van der Waals surface area contributed by atoms with E-state index in [2.05, 4.69) is 11.8 Å². The first kappa shape index (κ1) is 22.1. The predicted molar refractivity (Wildman–Crippen MR) is 112 cm³/mol. The minimum absolute atomic E-state index is 0.222. The van der Waals surface area contributed by atoms with Gasteiger partial charge in [0.05, 0.1) is 26.9 Å². The van der Waals surface area contributed by atoms with Crippen molar-refractivity contribution < 1.29 is 23.8 Å². The molecule has 2 amide bonds. The van der Waals surface area contributed by atoms with Gasteiger partial charge in [-0.1, -0.05) is 17.9 Å². The minimum Gasteiger partial charge on any atom is -0.493 e. The summed E-state index contributed by atoms with van der Waals surface area (Å²) < 4.78 is 15.9. The summed E-state index contributed by atoms with van der Waals surface area (Å²) >= 11 is 0. The molecule has 0 aromatic heterocycles. The number of rotatable bonds is 5. The summed E-state index contributed by atoms with van der Waals surface area (Å²) in [6, 6.07) is 3.45. The van der Waals surface area contributed by atoms with E-state index in [1.165, 1.54) is 32.3 Å². The first-order chi connectivity index (χ1) is 13.7. The van der Waals surface area contributed by atoms with Crippen molar-refractivity contribution in [3.05, 3.63) is 35.4 Å². The summed E-state index contributed by atoms with van der Waals surface area (Å²) in [5.41, 5.74) is 0.820. The Morgan fingerprint density at radius 2 is 1.72 bits per heavy atom. The Bertz CT molecular complexity index is 884. The summed E-state index contributed by atoms with van der Waals surface area (Å²) in [5.74, 6) is 6.62. The molecule has 0 N–H and O–H groups in total. The first-order valence-corrected chi connectivity index (χ1v) is 9.27. The van der Waals surface area contributed by atoms with Crippen molar-refractivity contribution in [2.75, 3.05) is 27.9 Å². The van der Waals surface area contributed by atoms with Gasteiger partial charge in [0.15, 0.2) is 11.5 Å². The zero-order valence-corrected chi connectivity index (χ0v) is 17.8. The third-order valence-electron chi connectivity index (χ3n) is 4.12. The Balaban J connectivity index is 2.22. The number of carbonyl (C=O) groups is 2. The smallest absolute Gasteiger partial charge is 0.268 e. The third-order valence-corrected chi connectivity index (χ3v) is 4.12. The molecule has 0 saturated heterocycles. The van der Waals surface area contributed by atoms with Gasteiger partial charge >= 0.3 is 0 Å². The fourth-order valence-corrected chi connectivity index (χ4v) is 2.70. The molecule has 1 aromatic rings. The average molecular weight is 397 g/mol. The van der Waals surface area contributed by atoms with Crippen LogP contribution in [0.5, 0.6) is 17.2 Å². The van der Waals surface area contributed by atoms with Gasteiger partial charge in [-0.2, -0.15) is 0 Å². The van der Waals surface area contributed by atoms with Crippen molar-refractivity contribution in [1.82, 2.24) is 4.90 Å². The lowest BCUT2D eigenvalue weighted by Crippen LogP contribution is -2.39. The second kappa shape index (κ2) is 9.33. The van der Waals surface area contributed by atoms with E-state index in [-0.39, 0.29) is 11.3 Å². The Hall–Kier alpha value is -3.20. The van der Waals surface area contributed by atoms with Crippen molar-refractivity contribution in [2.45, 2.75) is 27.2 Å². The molecule has 1 heterocycles. The highest BCUT2D eigenvalue weighted by atomic mass is 16.5. The van der Waals surface area contributed by atoms with Gasteiger partial charge in [-0.3, -0.25) is 14.5 Å². The molecule has 0 radical (unpaired) electrons. The van der Waals surface area contributed by atoms with Gasteiger partial charge in [-0.15, -0.1) is 0 Å². The van der Waals surface area contributed by atoms with Crippen molar-refractivity contribution >= 4 is 17.9 Å². The van der Waals surface area contributed by atoms with Crippen LogP contribution in [0.25, 0.3) is 6.08 Å².